The van der Waals surface area contributed by atoms with Gasteiger partial charge in [0.15, 0.2) is 11.6 Å². The van der Waals surface area contributed by atoms with Crippen molar-refractivity contribution in [3.8, 4) is 0 Å². The Balaban J connectivity index is 1.65. The largest absolute Gasteiger partial charge is 0.335 e. The number of aryl methyl sites for hydroxylation is 2. The first-order valence-corrected chi connectivity index (χ1v) is 8.79. The highest BCUT2D eigenvalue weighted by atomic mass is 32.1. The second-order valence-electron chi connectivity index (χ2n) is 6.04. The van der Waals surface area contributed by atoms with E-state index in [1.165, 1.54) is 6.07 Å². The summed E-state index contributed by atoms with van der Waals surface area (Å²) in [5.41, 5.74) is 0.825. The molecule has 1 aromatic heterocycles. The summed E-state index contributed by atoms with van der Waals surface area (Å²) in [7, 11) is 0. The summed E-state index contributed by atoms with van der Waals surface area (Å²) >= 11 is 1.59. The maximum absolute atomic E-state index is 13.3. The number of hydrogen-bond acceptors (Lipinski definition) is 3. The normalized spacial score (nSPS) is 14.7. The van der Waals surface area contributed by atoms with Crippen LogP contribution in [0.2, 0.25) is 0 Å². The monoisotopic (exact) mass is 364 g/mol. The molecule has 1 aliphatic heterocycles. The fourth-order valence-corrected chi connectivity index (χ4v) is 3.85. The van der Waals surface area contributed by atoms with Crippen LogP contribution in [0.4, 0.5) is 8.78 Å². The molecule has 1 aliphatic rings. The van der Waals surface area contributed by atoms with E-state index in [0.29, 0.717) is 31.7 Å². The van der Waals surface area contributed by atoms with Gasteiger partial charge >= 0.3 is 0 Å². The molecule has 3 rings (SSSR count). The zero-order chi connectivity index (χ0) is 18.1. The fourth-order valence-electron chi connectivity index (χ4n) is 2.94. The van der Waals surface area contributed by atoms with Crippen LogP contribution < -0.4 is 0 Å². The SMILES string of the molecule is Cc1cc(C(=O)N2CCN(C(=O)c3ccc(F)c(F)c3)CC2)c(C)s1. The Hall–Kier alpha value is -2.28. The first-order valence-electron chi connectivity index (χ1n) is 7.97. The summed E-state index contributed by atoms with van der Waals surface area (Å²) in [4.78, 5) is 30.4. The molecule has 1 fully saturated rings. The van der Waals surface area contributed by atoms with Crippen molar-refractivity contribution in [3.63, 3.8) is 0 Å². The summed E-state index contributed by atoms with van der Waals surface area (Å²) < 4.78 is 26.3. The average Bonchev–Trinajstić information content (AvgIpc) is 2.94. The lowest BCUT2D eigenvalue weighted by Gasteiger charge is -2.34. The molecule has 0 unspecified atom stereocenters. The summed E-state index contributed by atoms with van der Waals surface area (Å²) in [5, 5.41) is 0. The number of hydrogen-bond donors (Lipinski definition) is 0. The molecule has 0 atom stereocenters. The number of halogens is 2. The fraction of sp³-hybridized carbons (Fsp3) is 0.333. The summed E-state index contributed by atoms with van der Waals surface area (Å²) in [6.45, 7) is 5.46. The molecule has 2 aromatic rings. The van der Waals surface area contributed by atoms with E-state index in [1.807, 2.05) is 19.9 Å². The number of benzene rings is 1. The van der Waals surface area contributed by atoms with Gasteiger partial charge < -0.3 is 9.80 Å². The van der Waals surface area contributed by atoms with Crippen LogP contribution in [0.15, 0.2) is 24.3 Å². The molecule has 4 nitrogen and oxygen atoms in total. The molecule has 0 spiro atoms. The lowest BCUT2D eigenvalue weighted by atomic mass is 10.1. The number of nitrogens with zero attached hydrogens (tertiary/aromatic N) is 2. The van der Waals surface area contributed by atoms with Crippen LogP contribution in [0.1, 0.15) is 30.5 Å². The van der Waals surface area contributed by atoms with Gasteiger partial charge in [-0.2, -0.15) is 0 Å². The van der Waals surface area contributed by atoms with Crippen molar-refractivity contribution < 1.29 is 18.4 Å². The second kappa shape index (κ2) is 6.92. The molecular weight excluding hydrogens is 346 g/mol. The topological polar surface area (TPSA) is 40.6 Å². The summed E-state index contributed by atoms with van der Waals surface area (Å²) in [6, 6.07) is 5.02. The van der Waals surface area contributed by atoms with Gasteiger partial charge in [0.05, 0.1) is 5.56 Å². The Kier molecular flexibility index (Phi) is 4.85. The van der Waals surface area contributed by atoms with Gasteiger partial charge in [0.1, 0.15) is 0 Å². The van der Waals surface area contributed by atoms with Crippen molar-refractivity contribution >= 4 is 23.2 Å². The molecule has 0 radical (unpaired) electrons. The third kappa shape index (κ3) is 3.56. The number of carbonyl (C=O) groups is 2. The molecule has 2 amide bonds. The molecule has 0 N–H and O–H groups in total. The lowest BCUT2D eigenvalue weighted by Crippen LogP contribution is -2.50. The Labute approximate surface area is 148 Å². The molecule has 0 bridgehead atoms. The first-order chi connectivity index (χ1) is 11.9. The van der Waals surface area contributed by atoms with E-state index >= 15 is 0 Å². The Morgan fingerprint density at radius 3 is 2.04 bits per heavy atom. The third-order valence-electron chi connectivity index (χ3n) is 4.29. The van der Waals surface area contributed by atoms with Gasteiger partial charge in [-0.05, 0) is 38.1 Å². The highest BCUT2D eigenvalue weighted by Gasteiger charge is 2.27. The van der Waals surface area contributed by atoms with Crippen LogP contribution in [0.3, 0.4) is 0 Å². The van der Waals surface area contributed by atoms with Gasteiger partial charge in [-0.3, -0.25) is 9.59 Å². The number of carbonyl (C=O) groups excluding carboxylic acids is 2. The Bertz CT molecular complexity index is 826. The van der Waals surface area contributed by atoms with Crippen LogP contribution in [0, 0.1) is 25.5 Å². The van der Waals surface area contributed by atoms with E-state index in [-0.39, 0.29) is 17.4 Å². The molecule has 1 aromatic carbocycles. The van der Waals surface area contributed by atoms with Crippen molar-refractivity contribution in [2.24, 2.45) is 0 Å². The van der Waals surface area contributed by atoms with E-state index < -0.39 is 11.6 Å². The van der Waals surface area contributed by atoms with Gasteiger partial charge in [0.25, 0.3) is 11.8 Å². The zero-order valence-electron chi connectivity index (χ0n) is 14.0. The molecule has 1 saturated heterocycles. The number of amides is 2. The van der Waals surface area contributed by atoms with Gasteiger partial charge in [0, 0.05) is 41.5 Å². The summed E-state index contributed by atoms with van der Waals surface area (Å²) in [5.74, 6) is -2.40. The van der Waals surface area contributed by atoms with Crippen LogP contribution in [-0.4, -0.2) is 47.8 Å². The number of thiophene rings is 1. The molecule has 2 heterocycles. The van der Waals surface area contributed by atoms with Gasteiger partial charge in [0.2, 0.25) is 0 Å². The minimum atomic E-state index is -1.04. The smallest absolute Gasteiger partial charge is 0.255 e. The molecule has 25 heavy (non-hydrogen) atoms. The quantitative estimate of drug-likeness (QED) is 0.821. The minimum Gasteiger partial charge on any atom is -0.335 e. The zero-order valence-corrected chi connectivity index (χ0v) is 14.8. The van der Waals surface area contributed by atoms with Crippen molar-refractivity contribution in [2.45, 2.75) is 13.8 Å². The van der Waals surface area contributed by atoms with E-state index in [2.05, 4.69) is 0 Å². The van der Waals surface area contributed by atoms with Gasteiger partial charge in [-0.25, -0.2) is 8.78 Å². The van der Waals surface area contributed by atoms with E-state index in [0.717, 1.165) is 21.9 Å². The maximum Gasteiger partial charge on any atom is 0.255 e. The van der Waals surface area contributed by atoms with E-state index in [1.54, 1.807) is 21.1 Å². The number of piperazine rings is 1. The molecule has 7 heteroatoms. The molecular formula is C18H18F2N2O2S. The van der Waals surface area contributed by atoms with E-state index in [4.69, 9.17) is 0 Å². The van der Waals surface area contributed by atoms with Crippen LogP contribution in [0.25, 0.3) is 0 Å². The highest BCUT2D eigenvalue weighted by molar-refractivity contribution is 7.12. The van der Waals surface area contributed by atoms with Crippen molar-refractivity contribution in [1.82, 2.24) is 9.80 Å². The average molecular weight is 364 g/mol. The highest BCUT2D eigenvalue weighted by Crippen LogP contribution is 2.23. The van der Waals surface area contributed by atoms with E-state index in [9.17, 15) is 18.4 Å². The standard InChI is InChI=1S/C18H18F2N2O2S/c1-11-9-14(12(2)25-11)18(24)22-7-5-21(6-8-22)17(23)13-3-4-15(19)16(20)10-13/h3-4,9-10H,5-8H2,1-2H3. The summed E-state index contributed by atoms with van der Waals surface area (Å²) in [6.07, 6.45) is 0. The minimum absolute atomic E-state index is 0.0261. The van der Waals surface area contributed by atoms with Crippen LogP contribution >= 0.6 is 11.3 Å². The van der Waals surface area contributed by atoms with Gasteiger partial charge in [-0.15, -0.1) is 11.3 Å². The molecule has 0 saturated carbocycles. The van der Waals surface area contributed by atoms with Crippen molar-refractivity contribution in [2.75, 3.05) is 26.2 Å². The van der Waals surface area contributed by atoms with Crippen molar-refractivity contribution in [1.29, 1.82) is 0 Å². The van der Waals surface area contributed by atoms with Crippen LogP contribution in [0.5, 0.6) is 0 Å². The molecule has 0 aliphatic carbocycles. The second-order valence-corrected chi connectivity index (χ2v) is 7.50. The Morgan fingerprint density at radius 2 is 1.52 bits per heavy atom. The number of rotatable bonds is 2. The van der Waals surface area contributed by atoms with Crippen molar-refractivity contribution in [3.05, 3.63) is 56.8 Å². The third-order valence-corrected chi connectivity index (χ3v) is 5.26. The first kappa shape index (κ1) is 17.5. The van der Waals surface area contributed by atoms with Gasteiger partial charge in [-0.1, -0.05) is 0 Å². The Morgan fingerprint density at radius 1 is 0.920 bits per heavy atom. The predicted octanol–water partition coefficient (Wildman–Crippen LogP) is 3.24. The molecule has 132 valence electrons. The van der Waals surface area contributed by atoms with Crippen LogP contribution in [-0.2, 0) is 0 Å². The predicted molar refractivity (Wildman–Crippen MR) is 92.0 cm³/mol. The maximum atomic E-state index is 13.3. The lowest BCUT2D eigenvalue weighted by molar-refractivity contribution is 0.0535.